The molecule has 0 saturated heterocycles. The molecule has 1 amide bonds. The van der Waals surface area contributed by atoms with Crippen LogP contribution >= 0.6 is 23.2 Å². The van der Waals surface area contributed by atoms with Crippen LogP contribution < -0.4 is 14.9 Å². The first kappa shape index (κ1) is 26.2. The van der Waals surface area contributed by atoms with Gasteiger partial charge in [-0.2, -0.15) is 10.2 Å². The van der Waals surface area contributed by atoms with Crippen LogP contribution in [0.15, 0.2) is 82.8 Å². The molecule has 0 aliphatic rings. The number of sulfonamides is 1. The Morgan fingerprint density at radius 1 is 1.05 bits per heavy atom. The van der Waals surface area contributed by atoms with E-state index >= 15 is 0 Å². The first-order valence-corrected chi connectivity index (χ1v) is 13.0. The summed E-state index contributed by atoms with van der Waals surface area (Å²) in [7, 11) is -2.55. The summed E-state index contributed by atoms with van der Waals surface area (Å²) in [5.74, 6) is -0.243. The molecular formula is C25H21Cl2N5O4S. The minimum absolute atomic E-state index is 0.0970. The Labute approximate surface area is 223 Å². The van der Waals surface area contributed by atoms with Crippen molar-refractivity contribution in [1.82, 2.24) is 15.2 Å². The van der Waals surface area contributed by atoms with Crippen LogP contribution in [-0.4, -0.2) is 37.4 Å². The molecule has 0 fully saturated rings. The van der Waals surface area contributed by atoms with Crippen molar-refractivity contribution < 1.29 is 17.9 Å². The van der Waals surface area contributed by atoms with Crippen LogP contribution in [0.3, 0.4) is 0 Å². The Morgan fingerprint density at radius 3 is 2.51 bits per heavy atom. The quantitative estimate of drug-likeness (QED) is 0.232. The van der Waals surface area contributed by atoms with E-state index in [4.69, 9.17) is 27.9 Å². The van der Waals surface area contributed by atoms with E-state index in [1.807, 2.05) is 0 Å². The lowest BCUT2D eigenvalue weighted by Gasteiger charge is -2.12. The highest BCUT2D eigenvalue weighted by Gasteiger charge is 2.18. The summed E-state index contributed by atoms with van der Waals surface area (Å²) in [5.41, 5.74) is 4.57. The number of methoxy groups -OCH3 is 1. The van der Waals surface area contributed by atoms with Crippen molar-refractivity contribution in [1.29, 1.82) is 0 Å². The number of nitrogens with zero attached hydrogens (tertiary/aromatic N) is 3. The van der Waals surface area contributed by atoms with E-state index in [0.717, 1.165) is 0 Å². The minimum atomic E-state index is -3.99. The number of carbonyl (C=O) groups is 1. The largest absolute Gasteiger partial charge is 0.495 e. The van der Waals surface area contributed by atoms with Gasteiger partial charge in [0.15, 0.2) is 0 Å². The van der Waals surface area contributed by atoms with Crippen molar-refractivity contribution in [3.8, 4) is 11.4 Å². The van der Waals surface area contributed by atoms with Crippen LogP contribution in [0.5, 0.6) is 5.75 Å². The zero-order chi connectivity index (χ0) is 26.6. The van der Waals surface area contributed by atoms with Crippen molar-refractivity contribution in [3.05, 3.63) is 99.8 Å². The third kappa shape index (κ3) is 5.93. The van der Waals surface area contributed by atoms with E-state index in [1.54, 1.807) is 55.5 Å². The van der Waals surface area contributed by atoms with Gasteiger partial charge in [0.25, 0.3) is 15.9 Å². The second-order valence-electron chi connectivity index (χ2n) is 7.71. The number of carbonyl (C=O) groups excluding carboxylic acids is 1. The number of hydrazone groups is 1. The van der Waals surface area contributed by atoms with Gasteiger partial charge in [0.2, 0.25) is 0 Å². The molecule has 0 aliphatic heterocycles. The number of halogens is 2. The molecule has 1 heterocycles. The number of amides is 1. The zero-order valence-electron chi connectivity index (χ0n) is 19.6. The number of para-hydroxylation sites is 2. The summed E-state index contributed by atoms with van der Waals surface area (Å²) < 4.78 is 35.0. The molecule has 0 spiro atoms. The molecule has 0 atom stereocenters. The average Bonchev–Trinajstić information content (AvgIpc) is 3.17. The molecule has 190 valence electrons. The summed E-state index contributed by atoms with van der Waals surface area (Å²) in [6.07, 6.45) is 1.37. The second kappa shape index (κ2) is 11.0. The lowest BCUT2D eigenvalue weighted by molar-refractivity contribution is 0.0955. The molecule has 9 nitrogen and oxygen atoms in total. The van der Waals surface area contributed by atoms with Gasteiger partial charge in [0.1, 0.15) is 10.9 Å². The Morgan fingerprint density at radius 2 is 1.78 bits per heavy atom. The molecule has 37 heavy (non-hydrogen) atoms. The van der Waals surface area contributed by atoms with Gasteiger partial charge in [-0.3, -0.25) is 9.52 Å². The van der Waals surface area contributed by atoms with Crippen molar-refractivity contribution in [2.75, 3.05) is 11.8 Å². The number of aryl methyl sites for hydroxylation is 1. The van der Waals surface area contributed by atoms with Crippen molar-refractivity contribution in [2.24, 2.45) is 5.10 Å². The van der Waals surface area contributed by atoms with E-state index in [1.165, 1.54) is 42.3 Å². The number of aromatic nitrogens is 2. The van der Waals surface area contributed by atoms with Gasteiger partial charge in [0, 0.05) is 10.6 Å². The Hall–Kier alpha value is -3.86. The fourth-order valence-corrected chi connectivity index (χ4v) is 4.93. The summed E-state index contributed by atoms with van der Waals surface area (Å²) in [4.78, 5) is 12.6. The predicted octanol–water partition coefficient (Wildman–Crippen LogP) is 5.06. The second-order valence-corrected chi connectivity index (χ2v) is 10.2. The fourth-order valence-electron chi connectivity index (χ4n) is 3.37. The Balaban J connectivity index is 1.49. The minimum Gasteiger partial charge on any atom is -0.495 e. The van der Waals surface area contributed by atoms with Crippen LogP contribution in [0.1, 0.15) is 21.6 Å². The van der Waals surface area contributed by atoms with Gasteiger partial charge < -0.3 is 4.74 Å². The lowest BCUT2D eigenvalue weighted by atomic mass is 10.2. The highest BCUT2D eigenvalue weighted by molar-refractivity contribution is 7.92. The predicted molar refractivity (Wildman–Crippen MR) is 144 cm³/mol. The van der Waals surface area contributed by atoms with Gasteiger partial charge >= 0.3 is 0 Å². The topological polar surface area (TPSA) is 115 Å². The number of rotatable bonds is 8. The smallest absolute Gasteiger partial charge is 0.271 e. The standard InChI is InChI=1S/C25H21Cl2N5O4S/c1-16-21(24(27)32(30-16)19-12-10-18(26)11-13-19)15-28-29-25(33)17-6-5-7-20(14-17)37(34,35)31-22-8-3-4-9-23(22)36-2/h3-15,31H,1-2H3,(H,29,33)/b28-15-. The Bertz CT molecular complexity index is 1590. The monoisotopic (exact) mass is 557 g/mol. The van der Waals surface area contributed by atoms with E-state index < -0.39 is 15.9 Å². The van der Waals surface area contributed by atoms with Crippen LogP contribution in [0.2, 0.25) is 10.2 Å². The third-order valence-electron chi connectivity index (χ3n) is 5.24. The number of hydrogen-bond acceptors (Lipinski definition) is 6. The highest BCUT2D eigenvalue weighted by atomic mass is 35.5. The molecule has 12 heteroatoms. The van der Waals surface area contributed by atoms with Crippen LogP contribution in [-0.2, 0) is 10.0 Å². The summed E-state index contributed by atoms with van der Waals surface area (Å²) in [6.45, 7) is 1.75. The van der Waals surface area contributed by atoms with Gasteiger partial charge in [-0.1, -0.05) is 41.4 Å². The Kier molecular flexibility index (Phi) is 7.82. The number of anilines is 1. The van der Waals surface area contributed by atoms with Crippen LogP contribution in [0.4, 0.5) is 5.69 Å². The van der Waals surface area contributed by atoms with E-state index in [0.29, 0.717) is 32.9 Å². The van der Waals surface area contributed by atoms with Crippen molar-refractivity contribution in [3.63, 3.8) is 0 Å². The molecule has 0 unspecified atom stereocenters. The lowest BCUT2D eigenvalue weighted by Crippen LogP contribution is -2.19. The van der Waals surface area contributed by atoms with Crippen LogP contribution in [0, 0.1) is 6.92 Å². The SMILES string of the molecule is COc1ccccc1NS(=O)(=O)c1cccc(C(=O)N/N=C\c2c(C)nn(-c3ccc(Cl)cc3)c2Cl)c1. The highest BCUT2D eigenvalue weighted by Crippen LogP contribution is 2.26. The van der Waals surface area contributed by atoms with E-state index in [2.05, 4.69) is 20.3 Å². The fraction of sp³-hybridized carbons (Fsp3) is 0.0800. The van der Waals surface area contributed by atoms with Gasteiger partial charge in [-0.15, -0.1) is 0 Å². The zero-order valence-corrected chi connectivity index (χ0v) is 22.0. The molecular weight excluding hydrogens is 537 g/mol. The normalized spacial score (nSPS) is 11.5. The molecule has 0 aliphatic carbocycles. The molecule has 3 aromatic carbocycles. The molecule has 0 saturated carbocycles. The number of nitrogens with one attached hydrogen (secondary N) is 2. The number of hydrogen-bond donors (Lipinski definition) is 2. The number of ether oxygens (including phenoxy) is 1. The summed E-state index contributed by atoms with van der Waals surface area (Å²) in [5, 5.41) is 9.27. The van der Waals surface area contributed by atoms with E-state index in [9.17, 15) is 13.2 Å². The molecule has 0 bridgehead atoms. The first-order chi connectivity index (χ1) is 17.7. The summed E-state index contributed by atoms with van der Waals surface area (Å²) in [6, 6.07) is 19.2. The summed E-state index contributed by atoms with van der Waals surface area (Å²) >= 11 is 12.4. The molecule has 0 radical (unpaired) electrons. The maximum Gasteiger partial charge on any atom is 0.271 e. The maximum atomic E-state index is 12.9. The number of benzene rings is 3. The van der Waals surface area contributed by atoms with Gasteiger partial charge in [0.05, 0.1) is 40.9 Å². The maximum absolute atomic E-state index is 12.9. The molecule has 4 aromatic rings. The first-order valence-electron chi connectivity index (χ1n) is 10.8. The van der Waals surface area contributed by atoms with Crippen LogP contribution in [0.25, 0.3) is 5.69 Å². The van der Waals surface area contributed by atoms with Crippen molar-refractivity contribution >= 4 is 51.0 Å². The average molecular weight is 558 g/mol. The van der Waals surface area contributed by atoms with Crippen molar-refractivity contribution in [2.45, 2.75) is 11.8 Å². The van der Waals surface area contributed by atoms with Gasteiger partial charge in [-0.05, 0) is 61.5 Å². The molecule has 4 rings (SSSR count). The third-order valence-corrected chi connectivity index (χ3v) is 7.22. The van der Waals surface area contributed by atoms with Gasteiger partial charge in [-0.25, -0.2) is 18.5 Å². The van der Waals surface area contributed by atoms with E-state index in [-0.39, 0.29) is 16.1 Å². The molecule has 2 N–H and O–H groups in total. The molecule has 1 aromatic heterocycles.